The van der Waals surface area contributed by atoms with Crippen LogP contribution in [0.4, 0.5) is 4.39 Å². The van der Waals surface area contributed by atoms with Crippen LogP contribution in [0, 0.1) is 17.1 Å². The average Bonchev–Trinajstić information content (AvgIpc) is 3.11. The number of nitriles is 1. The molecule has 0 aliphatic carbocycles. The first kappa shape index (κ1) is 23.9. The predicted octanol–water partition coefficient (Wildman–Crippen LogP) is 5.79. The van der Waals surface area contributed by atoms with E-state index < -0.39 is 24.1 Å². The van der Waals surface area contributed by atoms with Crippen LogP contribution in [0.15, 0.2) is 78.9 Å². The van der Waals surface area contributed by atoms with Gasteiger partial charge in [0, 0.05) is 16.6 Å². The van der Waals surface area contributed by atoms with Crippen LogP contribution in [0.2, 0.25) is 0 Å². The molecule has 1 aliphatic heterocycles. The molecule has 7 heteroatoms. The van der Waals surface area contributed by atoms with Gasteiger partial charge in [0.2, 0.25) is 0 Å². The third-order valence-electron chi connectivity index (χ3n) is 6.84. The standard InChI is InChI=1S/C29H25BFN3O2/c1-28(2)29(3,4)36-30(35-28)23-16-19(18-32)15-22(26(23)31)27-33-24(20-11-7-5-8-12-20)17-25(34-27)21-13-9-6-10-14-21/h5-17H,1-4H3. The lowest BCUT2D eigenvalue weighted by molar-refractivity contribution is 0.00578. The molecule has 1 aliphatic rings. The van der Waals surface area contributed by atoms with Gasteiger partial charge in [-0.1, -0.05) is 60.7 Å². The maximum Gasteiger partial charge on any atom is 0.497 e. The fraction of sp³-hybridized carbons (Fsp3) is 0.207. The Kier molecular flexibility index (Phi) is 5.95. The lowest BCUT2D eigenvalue weighted by atomic mass is 9.76. The largest absolute Gasteiger partial charge is 0.497 e. The van der Waals surface area contributed by atoms with Gasteiger partial charge >= 0.3 is 7.12 Å². The quantitative estimate of drug-likeness (QED) is 0.348. The monoisotopic (exact) mass is 477 g/mol. The zero-order valence-corrected chi connectivity index (χ0v) is 20.6. The lowest BCUT2D eigenvalue weighted by Gasteiger charge is -2.32. The van der Waals surface area contributed by atoms with Crippen molar-refractivity contribution < 1.29 is 13.7 Å². The van der Waals surface area contributed by atoms with Crippen molar-refractivity contribution in [2.75, 3.05) is 0 Å². The molecule has 1 saturated heterocycles. The summed E-state index contributed by atoms with van der Waals surface area (Å²) >= 11 is 0. The highest BCUT2D eigenvalue weighted by molar-refractivity contribution is 6.62. The van der Waals surface area contributed by atoms with Gasteiger partial charge in [0.05, 0.1) is 39.8 Å². The molecule has 178 valence electrons. The predicted molar refractivity (Wildman–Crippen MR) is 139 cm³/mol. The normalized spacial score (nSPS) is 16.1. The van der Waals surface area contributed by atoms with Crippen molar-refractivity contribution in [3.8, 4) is 40.0 Å². The van der Waals surface area contributed by atoms with Gasteiger partial charge in [-0.05, 0) is 45.9 Å². The van der Waals surface area contributed by atoms with Crippen molar-refractivity contribution in [2.24, 2.45) is 0 Å². The molecule has 3 aromatic carbocycles. The van der Waals surface area contributed by atoms with Gasteiger partial charge in [0.15, 0.2) is 5.82 Å². The molecule has 0 bridgehead atoms. The lowest BCUT2D eigenvalue weighted by Crippen LogP contribution is -2.41. The number of aromatic nitrogens is 2. The Bertz CT molecular complexity index is 1390. The van der Waals surface area contributed by atoms with Gasteiger partial charge in [-0.15, -0.1) is 0 Å². The Morgan fingerprint density at radius 3 is 1.75 bits per heavy atom. The van der Waals surface area contributed by atoms with E-state index in [4.69, 9.17) is 19.3 Å². The zero-order valence-electron chi connectivity index (χ0n) is 20.6. The first-order valence-electron chi connectivity index (χ1n) is 11.8. The highest BCUT2D eigenvalue weighted by Gasteiger charge is 2.52. The van der Waals surface area contributed by atoms with Crippen LogP contribution < -0.4 is 5.46 Å². The summed E-state index contributed by atoms with van der Waals surface area (Å²) in [7, 11) is -0.965. The molecule has 0 amide bonds. The second kappa shape index (κ2) is 8.98. The topological polar surface area (TPSA) is 68.0 Å². The number of halogens is 1. The Balaban J connectivity index is 1.70. The summed E-state index contributed by atoms with van der Waals surface area (Å²) in [4.78, 5) is 9.44. The molecule has 0 radical (unpaired) electrons. The van der Waals surface area contributed by atoms with E-state index in [1.165, 1.54) is 12.1 Å². The van der Waals surface area contributed by atoms with Gasteiger partial charge < -0.3 is 9.31 Å². The van der Waals surface area contributed by atoms with Crippen LogP contribution >= 0.6 is 0 Å². The summed E-state index contributed by atoms with van der Waals surface area (Å²) in [5, 5.41) is 9.74. The molecule has 4 aromatic rings. The summed E-state index contributed by atoms with van der Waals surface area (Å²) in [5.74, 6) is -0.390. The number of hydrogen-bond acceptors (Lipinski definition) is 5. The van der Waals surface area contributed by atoms with E-state index in [1.54, 1.807) is 0 Å². The fourth-order valence-corrected chi connectivity index (χ4v) is 4.10. The Morgan fingerprint density at radius 1 is 0.778 bits per heavy atom. The maximum absolute atomic E-state index is 16.1. The van der Waals surface area contributed by atoms with Crippen LogP contribution in [0.5, 0.6) is 0 Å². The van der Waals surface area contributed by atoms with E-state index in [2.05, 4.69) is 6.07 Å². The molecule has 0 spiro atoms. The highest BCUT2D eigenvalue weighted by atomic mass is 19.1. The van der Waals surface area contributed by atoms with Crippen LogP contribution in [0.3, 0.4) is 0 Å². The smallest absolute Gasteiger partial charge is 0.399 e. The summed E-state index contributed by atoms with van der Waals surface area (Å²) in [5.41, 5.74) is 2.28. The molecule has 36 heavy (non-hydrogen) atoms. The van der Waals surface area contributed by atoms with Gasteiger partial charge in [-0.2, -0.15) is 5.26 Å². The van der Waals surface area contributed by atoms with E-state index in [0.29, 0.717) is 11.4 Å². The number of hydrogen-bond donors (Lipinski definition) is 0. The summed E-state index contributed by atoms with van der Waals surface area (Å²) in [6.45, 7) is 7.61. The first-order chi connectivity index (χ1) is 17.2. The number of rotatable bonds is 4. The second-order valence-electron chi connectivity index (χ2n) is 9.82. The van der Waals surface area contributed by atoms with E-state index >= 15 is 4.39 Å². The zero-order chi connectivity index (χ0) is 25.5. The van der Waals surface area contributed by atoms with E-state index in [1.807, 2.05) is 94.4 Å². The fourth-order valence-electron chi connectivity index (χ4n) is 4.10. The Hall–Kier alpha value is -3.86. The molecule has 0 N–H and O–H groups in total. The Morgan fingerprint density at radius 2 is 1.28 bits per heavy atom. The highest BCUT2D eigenvalue weighted by Crippen LogP contribution is 2.37. The van der Waals surface area contributed by atoms with Crippen LogP contribution in [-0.2, 0) is 9.31 Å². The molecule has 5 rings (SSSR count). The second-order valence-corrected chi connectivity index (χ2v) is 9.82. The Labute approximate surface area is 210 Å². The molecule has 0 saturated carbocycles. The molecule has 2 heterocycles. The minimum atomic E-state index is -0.965. The average molecular weight is 477 g/mol. The minimum absolute atomic E-state index is 0.119. The van der Waals surface area contributed by atoms with Crippen molar-refractivity contribution in [1.29, 1.82) is 5.26 Å². The number of benzene rings is 3. The van der Waals surface area contributed by atoms with Gasteiger partial charge in [0.25, 0.3) is 0 Å². The number of nitrogens with zero attached hydrogens (tertiary/aromatic N) is 3. The summed E-state index contributed by atoms with van der Waals surface area (Å²) < 4.78 is 28.3. The molecule has 0 atom stereocenters. The SMILES string of the molecule is CC1(C)OB(c2cc(C#N)cc(-c3nc(-c4ccccc4)cc(-c4ccccc4)n3)c2F)OC1(C)C. The van der Waals surface area contributed by atoms with Crippen molar-refractivity contribution in [2.45, 2.75) is 38.9 Å². The molecule has 0 unspecified atom stereocenters. The van der Waals surface area contributed by atoms with E-state index in [9.17, 15) is 5.26 Å². The van der Waals surface area contributed by atoms with Crippen LogP contribution in [0.1, 0.15) is 33.3 Å². The molecular formula is C29H25BFN3O2. The first-order valence-corrected chi connectivity index (χ1v) is 11.8. The summed E-state index contributed by atoms with van der Waals surface area (Å²) in [6, 6.07) is 26.3. The van der Waals surface area contributed by atoms with Gasteiger partial charge in [-0.3, -0.25) is 0 Å². The van der Waals surface area contributed by atoms with Crippen molar-refractivity contribution >= 4 is 12.6 Å². The maximum atomic E-state index is 16.1. The van der Waals surface area contributed by atoms with Crippen molar-refractivity contribution in [3.05, 3.63) is 90.2 Å². The van der Waals surface area contributed by atoms with Gasteiger partial charge in [0.1, 0.15) is 5.82 Å². The molecule has 1 aromatic heterocycles. The van der Waals surface area contributed by atoms with Crippen molar-refractivity contribution in [3.63, 3.8) is 0 Å². The van der Waals surface area contributed by atoms with E-state index in [-0.39, 0.29) is 22.4 Å². The summed E-state index contributed by atoms with van der Waals surface area (Å²) in [6.07, 6.45) is 0. The molecule has 5 nitrogen and oxygen atoms in total. The molecule has 1 fully saturated rings. The third kappa shape index (κ3) is 4.30. The van der Waals surface area contributed by atoms with Crippen LogP contribution in [-0.4, -0.2) is 28.3 Å². The molecular weight excluding hydrogens is 452 g/mol. The van der Waals surface area contributed by atoms with Gasteiger partial charge in [-0.25, -0.2) is 14.4 Å². The van der Waals surface area contributed by atoms with Crippen molar-refractivity contribution in [1.82, 2.24) is 9.97 Å². The van der Waals surface area contributed by atoms with Crippen LogP contribution in [0.25, 0.3) is 33.9 Å². The third-order valence-corrected chi connectivity index (χ3v) is 6.84. The minimum Gasteiger partial charge on any atom is -0.399 e. The van der Waals surface area contributed by atoms with E-state index in [0.717, 1.165) is 11.1 Å².